The molecule has 0 radical (unpaired) electrons. The van der Waals surface area contributed by atoms with Crippen molar-refractivity contribution in [3.05, 3.63) is 11.6 Å². The first-order valence-electron chi connectivity index (χ1n) is 5.66. The van der Waals surface area contributed by atoms with Gasteiger partial charge in [0.15, 0.2) is 0 Å². The molecular weight excluding hydrogens is 172 g/mol. The highest BCUT2D eigenvalue weighted by molar-refractivity contribution is 4.98. The SMILES string of the molecule is CCC1(C)CN(CC=C(C)C)CCN1. The first kappa shape index (κ1) is 11.7. The molecule has 1 rings (SSSR count). The molecule has 1 unspecified atom stereocenters. The summed E-state index contributed by atoms with van der Waals surface area (Å²) in [7, 11) is 0. The van der Waals surface area contributed by atoms with Crippen LogP contribution in [0.15, 0.2) is 11.6 Å². The Balaban J connectivity index is 2.44. The molecule has 2 heteroatoms. The summed E-state index contributed by atoms with van der Waals surface area (Å²) in [6, 6.07) is 0. The molecule has 0 aromatic heterocycles. The molecule has 0 aromatic rings. The Morgan fingerprint density at radius 1 is 1.50 bits per heavy atom. The molecular formula is C12H24N2. The van der Waals surface area contributed by atoms with E-state index in [4.69, 9.17) is 0 Å². The minimum Gasteiger partial charge on any atom is -0.309 e. The lowest BCUT2D eigenvalue weighted by Crippen LogP contribution is -2.58. The molecule has 1 aliphatic rings. The number of nitrogens with zero attached hydrogens (tertiary/aromatic N) is 1. The zero-order valence-corrected chi connectivity index (χ0v) is 10.1. The van der Waals surface area contributed by atoms with Crippen LogP contribution >= 0.6 is 0 Å². The Morgan fingerprint density at radius 2 is 2.21 bits per heavy atom. The van der Waals surface area contributed by atoms with Crippen molar-refractivity contribution < 1.29 is 0 Å². The molecule has 1 aliphatic heterocycles. The van der Waals surface area contributed by atoms with Crippen LogP contribution in [0.3, 0.4) is 0 Å². The topological polar surface area (TPSA) is 15.3 Å². The number of piperazine rings is 1. The van der Waals surface area contributed by atoms with Gasteiger partial charge < -0.3 is 5.32 Å². The van der Waals surface area contributed by atoms with E-state index in [1.165, 1.54) is 25.1 Å². The monoisotopic (exact) mass is 196 g/mol. The van der Waals surface area contributed by atoms with E-state index in [0.29, 0.717) is 5.54 Å². The van der Waals surface area contributed by atoms with E-state index in [9.17, 15) is 0 Å². The predicted octanol–water partition coefficient (Wildman–Crippen LogP) is 2.03. The molecule has 14 heavy (non-hydrogen) atoms. The van der Waals surface area contributed by atoms with Gasteiger partial charge in [0, 0.05) is 31.7 Å². The first-order chi connectivity index (χ1) is 6.56. The average Bonchev–Trinajstić information content (AvgIpc) is 2.15. The van der Waals surface area contributed by atoms with Gasteiger partial charge in [-0.1, -0.05) is 18.6 Å². The van der Waals surface area contributed by atoms with Crippen LogP contribution in [0.2, 0.25) is 0 Å². The minimum atomic E-state index is 0.327. The highest BCUT2D eigenvalue weighted by atomic mass is 15.2. The molecule has 0 aromatic carbocycles. The summed E-state index contributed by atoms with van der Waals surface area (Å²) in [5, 5.41) is 3.60. The van der Waals surface area contributed by atoms with Crippen LogP contribution in [0.1, 0.15) is 34.1 Å². The largest absolute Gasteiger partial charge is 0.309 e. The second-order valence-corrected chi connectivity index (χ2v) is 4.86. The van der Waals surface area contributed by atoms with Crippen LogP contribution in [0.5, 0.6) is 0 Å². The smallest absolute Gasteiger partial charge is 0.0278 e. The third-order valence-corrected chi connectivity index (χ3v) is 3.09. The number of hydrogen-bond acceptors (Lipinski definition) is 2. The lowest BCUT2D eigenvalue weighted by atomic mass is 9.96. The Hall–Kier alpha value is -0.340. The maximum Gasteiger partial charge on any atom is 0.0278 e. The summed E-state index contributed by atoms with van der Waals surface area (Å²) in [6.07, 6.45) is 3.53. The molecule has 0 spiro atoms. The zero-order chi connectivity index (χ0) is 10.6. The molecule has 0 saturated carbocycles. The Kier molecular flexibility index (Phi) is 4.14. The van der Waals surface area contributed by atoms with Crippen molar-refractivity contribution >= 4 is 0 Å². The van der Waals surface area contributed by atoms with E-state index in [2.05, 4.69) is 44.0 Å². The summed E-state index contributed by atoms with van der Waals surface area (Å²) >= 11 is 0. The number of hydrogen-bond donors (Lipinski definition) is 1. The molecule has 1 saturated heterocycles. The van der Waals surface area contributed by atoms with Crippen LogP contribution < -0.4 is 5.32 Å². The fraction of sp³-hybridized carbons (Fsp3) is 0.833. The van der Waals surface area contributed by atoms with Crippen LogP contribution in [0.25, 0.3) is 0 Å². The van der Waals surface area contributed by atoms with Crippen LogP contribution in [0, 0.1) is 0 Å². The van der Waals surface area contributed by atoms with Crippen molar-refractivity contribution in [2.45, 2.75) is 39.7 Å². The second kappa shape index (κ2) is 4.94. The number of rotatable bonds is 3. The summed E-state index contributed by atoms with van der Waals surface area (Å²) in [4.78, 5) is 2.53. The van der Waals surface area contributed by atoms with Crippen molar-refractivity contribution in [2.75, 3.05) is 26.2 Å². The zero-order valence-electron chi connectivity index (χ0n) is 10.1. The van der Waals surface area contributed by atoms with Crippen LogP contribution in [-0.4, -0.2) is 36.6 Å². The van der Waals surface area contributed by atoms with Gasteiger partial charge in [-0.25, -0.2) is 0 Å². The fourth-order valence-electron chi connectivity index (χ4n) is 1.85. The summed E-state index contributed by atoms with van der Waals surface area (Å²) in [6.45, 7) is 13.5. The Bertz CT molecular complexity index is 206. The molecule has 0 aliphatic carbocycles. The van der Waals surface area contributed by atoms with Gasteiger partial charge in [-0.2, -0.15) is 0 Å². The van der Waals surface area contributed by atoms with Gasteiger partial charge in [-0.3, -0.25) is 4.90 Å². The molecule has 1 N–H and O–H groups in total. The average molecular weight is 196 g/mol. The van der Waals surface area contributed by atoms with Crippen molar-refractivity contribution in [3.8, 4) is 0 Å². The van der Waals surface area contributed by atoms with E-state index in [-0.39, 0.29) is 0 Å². The molecule has 1 atom stereocenters. The van der Waals surface area contributed by atoms with Crippen LogP contribution in [0.4, 0.5) is 0 Å². The van der Waals surface area contributed by atoms with E-state index in [1.807, 2.05) is 0 Å². The van der Waals surface area contributed by atoms with Crippen molar-refractivity contribution in [3.63, 3.8) is 0 Å². The lowest BCUT2D eigenvalue weighted by molar-refractivity contribution is 0.152. The normalized spacial score (nSPS) is 28.9. The Labute approximate surface area is 88.4 Å². The van der Waals surface area contributed by atoms with Crippen molar-refractivity contribution in [1.82, 2.24) is 10.2 Å². The molecule has 82 valence electrons. The van der Waals surface area contributed by atoms with Gasteiger partial charge in [-0.15, -0.1) is 0 Å². The summed E-state index contributed by atoms with van der Waals surface area (Å²) in [5.41, 5.74) is 1.75. The van der Waals surface area contributed by atoms with Gasteiger partial charge >= 0.3 is 0 Å². The van der Waals surface area contributed by atoms with E-state index < -0.39 is 0 Å². The minimum absolute atomic E-state index is 0.327. The number of allylic oxidation sites excluding steroid dienone is 1. The van der Waals surface area contributed by atoms with Gasteiger partial charge in [0.1, 0.15) is 0 Å². The predicted molar refractivity (Wildman–Crippen MR) is 62.6 cm³/mol. The standard InChI is InChI=1S/C12H24N2/c1-5-12(4)10-14(9-7-13-12)8-6-11(2)3/h6,13H,5,7-10H2,1-4H3. The van der Waals surface area contributed by atoms with E-state index in [0.717, 1.165) is 13.1 Å². The van der Waals surface area contributed by atoms with E-state index in [1.54, 1.807) is 0 Å². The van der Waals surface area contributed by atoms with Crippen LogP contribution in [-0.2, 0) is 0 Å². The number of nitrogens with one attached hydrogen (secondary N) is 1. The summed E-state index contributed by atoms with van der Waals surface area (Å²) in [5.74, 6) is 0. The molecule has 0 bridgehead atoms. The molecule has 2 nitrogen and oxygen atoms in total. The van der Waals surface area contributed by atoms with Crippen molar-refractivity contribution in [2.24, 2.45) is 0 Å². The van der Waals surface area contributed by atoms with Gasteiger partial charge in [0.2, 0.25) is 0 Å². The second-order valence-electron chi connectivity index (χ2n) is 4.86. The maximum atomic E-state index is 3.60. The molecule has 1 fully saturated rings. The molecule has 1 heterocycles. The third-order valence-electron chi connectivity index (χ3n) is 3.09. The highest BCUT2D eigenvalue weighted by Gasteiger charge is 2.27. The Morgan fingerprint density at radius 3 is 2.79 bits per heavy atom. The first-order valence-corrected chi connectivity index (χ1v) is 5.66. The van der Waals surface area contributed by atoms with E-state index >= 15 is 0 Å². The summed E-state index contributed by atoms with van der Waals surface area (Å²) < 4.78 is 0. The fourth-order valence-corrected chi connectivity index (χ4v) is 1.85. The van der Waals surface area contributed by atoms with Gasteiger partial charge in [0.05, 0.1) is 0 Å². The third kappa shape index (κ3) is 3.43. The van der Waals surface area contributed by atoms with Gasteiger partial charge in [-0.05, 0) is 27.2 Å². The highest BCUT2D eigenvalue weighted by Crippen LogP contribution is 2.14. The molecule has 0 amide bonds. The maximum absolute atomic E-state index is 3.60. The quantitative estimate of drug-likeness (QED) is 0.695. The van der Waals surface area contributed by atoms with Gasteiger partial charge in [0.25, 0.3) is 0 Å². The lowest BCUT2D eigenvalue weighted by Gasteiger charge is -2.40. The van der Waals surface area contributed by atoms with Crippen molar-refractivity contribution in [1.29, 1.82) is 0 Å².